The Hall–Kier alpha value is -2.94. The number of piperidine rings is 1. The Labute approximate surface area is 193 Å². The topological polar surface area (TPSA) is 89.5 Å². The van der Waals surface area contributed by atoms with Crippen molar-refractivity contribution in [2.24, 2.45) is 0 Å². The van der Waals surface area contributed by atoms with Crippen molar-refractivity contribution < 1.29 is 14.1 Å². The third-order valence-corrected chi connectivity index (χ3v) is 6.48. The molecule has 2 saturated heterocycles. The number of likely N-dealkylation sites (tertiary alicyclic amines) is 2. The lowest BCUT2D eigenvalue weighted by atomic mass is 9.97. The maximum absolute atomic E-state index is 12.3. The second kappa shape index (κ2) is 8.44. The van der Waals surface area contributed by atoms with Crippen LogP contribution in [0.15, 0.2) is 28.9 Å². The number of hydrogen-bond donors (Lipinski definition) is 0. The number of fused-ring (bicyclic) bond motifs is 1. The summed E-state index contributed by atoms with van der Waals surface area (Å²) in [6.45, 7) is 12.3. The average Bonchev–Trinajstić information content (AvgIpc) is 3.38. The molecule has 1 aromatic carbocycles. The van der Waals surface area contributed by atoms with Gasteiger partial charge in [-0.3, -0.25) is 9.58 Å². The Morgan fingerprint density at radius 1 is 1.21 bits per heavy atom. The first-order chi connectivity index (χ1) is 15.8. The molecule has 0 unspecified atom stereocenters. The number of rotatable bonds is 4. The van der Waals surface area contributed by atoms with Gasteiger partial charge >= 0.3 is 6.09 Å². The van der Waals surface area contributed by atoms with Crippen LogP contribution in [0.3, 0.4) is 0 Å². The monoisotopic (exact) mass is 452 g/mol. The van der Waals surface area contributed by atoms with Crippen molar-refractivity contribution in [1.29, 1.82) is 0 Å². The van der Waals surface area contributed by atoms with Crippen LogP contribution in [0.25, 0.3) is 22.3 Å². The predicted octanol–water partition coefficient (Wildman–Crippen LogP) is 4.08. The highest BCUT2D eigenvalue weighted by Crippen LogP contribution is 2.30. The van der Waals surface area contributed by atoms with Crippen molar-refractivity contribution >= 4 is 17.0 Å². The zero-order chi connectivity index (χ0) is 23.2. The van der Waals surface area contributed by atoms with Gasteiger partial charge in [0, 0.05) is 49.2 Å². The van der Waals surface area contributed by atoms with E-state index in [2.05, 4.69) is 38.9 Å². The number of benzene rings is 1. The van der Waals surface area contributed by atoms with Crippen molar-refractivity contribution in [1.82, 2.24) is 29.7 Å². The van der Waals surface area contributed by atoms with Gasteiger partial charge in [-0.05, 0) is 46.2 Å². The maximum atomic E-state index is 12.3. The van der Waals surface area contributed by atoms with Gasteiger partial charge in [0.2, 0.25) is 11.7 Å². The number of nitrogens with zero attached hydrogens (tertiary/aromatic N) is 6. The van der Waals surface area contributed by atoms with Crippen molar-refractivity contribution in [3.05, 3.63) is 30.3 Å². The van der Waals surface area contributed by atoms with E-state index in [-0.39, 0.29) is 12.0 Å². The third-order valence-electron chi connectivity index (χ3n) is 6.48. The number of amides is 1. The number of hydrogen-bond acceptors (Lipinski definition) is 7. The fourth-order valence-electron chi connectivity index (χ4n) is 4.48. The highest BCUT2D eigenvalue weighted by Gasteiger charge is 2.30. The van der Waals surface area contributed by atoms with Gasteiger partial charge in [-0.15, -0.1) is 0 Å². The Bertz CT molecular complexity index is 1130. The van der Waals surface area contributed by atoms with E-state index in [1.54, 1.807) is 4.90 Å². The largest absolute Gasteiger partial charge is 0.444 e. The van der Waals surface area contributed by atoms with E-state index in [9.17, 15) is 4.79 Å². The van der Waals surface area contributed by atoms with E-state index in [0.29, 0.717) is 30.8 Å². The molecule has 0 aliphatic carbocycles. The molecule has 3 aromatic rings. The van der Waals surface area contributed by atoms with Gasteiger partial charge in [-0.1, -0.05) is 24.2 Å². The number of aromatic nitrogens is 4. The predicted molar refractivity (Wildman–Crippen MR) is 124 cm³/mol. The lowest BCUT2D eigenvalue weighted by molar-refractivity contribution is 0.0198. The average molecular weight is 453 g/mol. The van der Waals surface area contributed by atoms with Crippen LogP contribution < -0.4 is 0 Å². The minimum atomic E-state index is -0.486. The Morgan fingerprint density at radius 2 is 1.97 bits per heavy atom. The number of carbonyl (C=O) groups is 1. The first kappa shape index (κ1) is 21.9. The molecule has 0 atom stereocenters. The Balaban J connectivity index is 1.24. The van der Waals surface area contributed by atoms with E-state index in [0.717, 1.165) is 48.9 Å². The molecule has 0 N–H and O–H groups in total. The van der Waals surface area contributed by atoms with Gasteiger partial charge in [0.05, 0.1) is 11.6 Å². The fraction of sp³-hybridized carbons (Fsp3) is 0.583. The molecule has 2 aliphatic rings. The molecule has 0 saturated carbocycles. The molecule has 1 amide bonds. The highest BCUT2D eigenvalue weighted by atomic mass is 16.6. The fourth-order valence-corrected chi connectivity index (χ4v) is 4.48. The van der Waals surface area contributed by atoms with Crippen LogP contribution in [0.4, 0.5) is 4.79 Å². The minimum absolute atomic E-state index is 0.146. The van der Waals surface area contributed by atoms with Crippen LogP contribution in [0.2, 0.25) is 0 Å². The maximum Gasteiger partial charge on any atom is 0.410 e. The van der Waals surface area contributed by atoms with Gasteiger partial charge in [-0.25, -0.2) is 4.79 Å². The van der Waals surface area contributed by atoms with Crippen molar-refractivity contribution in [3.63, 3.8) is 0 Å². The second-order valence-electron chi connectivity index (χ2n) is 10.1. The van der Waals surface area contributed by atoms with E-state index in [1.807, 2.05) is 32.9 Å². The van der Waals surface area contributed by atoms with E-state index >= 15 is 0 Å². The second-order valence-corrected chi connectivity index (χ2v) is 10.1. The smallest absolute Gasteiger partial charge is 0.410 e. The number of carbonyl (C=O) groups excluding carboxylic acids is 1. The standard InChI is InChI=1S/C24H32N6O3/c1-5-28-14-19(15-28)30-13-18-7-6-17(12-20(18)26-30)21-25-22(33-27-21)16-8-10-29(11-9-16)23(31)32-24(2,3)4/h6-7,12-13,16,19H,5,8-11,14-15H2,1-4H3. The molecule has 4 heterocycles. The molecule has 33 heavy (non-hydrogen) atoms. The summed E-state index contributed by atoms with van der Waals surface area (Å²) < 4.78 is 13.2. The molecule has 9 heteroatoms. The number of likely N-dealkylation sites (N-methyl/N-ethyl adjacent to an activating group) is 1. The van der Waals surface area contributed by atoms with E-state index < -0.39 is 5.60 Å². The molecular weight excluding hydrogens is 420 g/mol. The zero-order valence-electron chi connectivity index (χ0n) is 19.8. The van der Waals surface area contributed by atoms with Crippen LogP contribution in [-0.2, 0) is 4.74 Å². The normalized spacial score (nSPS) is 18.6. The van der Waals surface area contributed by atoms with Gasteiger partial charge in [0.15, 0.2) is 0 Å². The summed E-state index contributed by atoms with van der Waals surface area (Å²) in [5.41, 5.74) is 1.36. The third kappa shape index (κ3) is 4.59. The summed E-state index contributed by atoms with van der Waals surface area (Å²) >= 11 is 0. The van der Waals surface area contributed by atoms with Crippen molar-refractivity contribution in [2.45, 2.75) is 58.1 Å². The van der Waals surface area contributed by atoms with Crippen LogP contribution >= 0.6 is 0 Å². The summed E-state index contributed by atoms with van der Waals surface area (Å²) in [6.07, 6.45) is 3.42. The van der Waals surface area contributed by atoms with E-state index in [1.165, 1.54) is 0 Å². The van der Waals surface area contributed by atoms with Crippen LogP contribution in [0.1, 0.15) is 58.4 Å². The van der Waals surface area contributed by atoms with Crippen LogP contribution in [0.5, 0.6) is 0 Å². The molecule has 0 spiro atoms. The van der Waals surface area contributed by atoms with Gasteiger partial charge in [0.25, 0.3) is 0 Å². The van der Waals surface area contributed by atoms with Gasteiger partial charge < -0.3 is 14.2 Å². The van der Waals surface area contributed by atoms with Crippen LogP contribution in [0, 0.1) is 0 Å². The van der Waals surface area contributed by atoms with Crippen molar-refractivity contribution in [2.75, 3.05) is 32.7 Å². The number of ether oxygens (including phenoxy) is 1. The highest BCUT2D eigenvalue weighted by molar-refractivity contribution is 5.82. The molecule has 5 rings (SSSR count). The summed E-state index contributed by atoms with van der Waals surface area (Å²) in [5, 5.41) is 10.1. The molecule has 0 radical (unpaired) electrons. The summed E-state index contributed by atoms with van der Waals surface area (Å²) in [6, 6.07) is 6.57. The molecule has 2 aliphatic heterocycles. The molecule has 9 nitrogen and oxygen atoms in total. The first-order valence-corrected chi connectivity index (χ1v) is 11.8. The molecular formula is C24H32N6O3. The lowest BCUT2D eigenvalue weighted by Crippen LogP contribution is -2.47. The lowest BCUT2D eigenvalue weighted by Gasteiger charge is -2.38. The minimum Gasteiger partial charge on any atom is -0.444 e. The zero-order valence-corrected chi connectivity index (χ0v) is 19.8. The SMILES string of the molecule is CCN1CC(n2cc3ccc(-c4noc(C5CCN(C(=O)OC(C)(C)C)CC5)n4)cc3n2)C1. The Kier molecular flexibility index (Phi) is 5.60. The summed E-state index contributed by atoms with van der Waals surface area (Å²) in [5.74, 6) is 1.36. The van der Waals surface area contributed by atoms with E-state index in [4.69, 9.17) is 14.4 Å². The Morgan fingerprint density at radius 3 is 2.67 bits per heavy atom. The van der Waals surface area contributed by atoms with Gasteiger partial charge in [0.1, 0.15) is 5.60 Å². The quantitative estimate of drug-likeness (QED) is 0.589. The van der Waals surface area contributed by atoms with Gasteiger partial charge in [-0.2, -0.15) is 10.1 Å². The first-order valence-electron chi connectivity index (χ1n) is 11.8. The molecule has 2 fully saturated rings. The summed E-state index contributed by atoms with van der Waals surface area (Å²) in [4.78, 5) is 21.1. The molecule has 0 bridgehead atoms. The molecule has 2 aromatic heterocycles. The molecule has 176 valence electrons. The van der Waals surface area contributed by atoms with Crippen LogP contribution in [-0.4, -0.2) is 74.1 Å². The summed E-state index contributed by atoms with van der Waals surface area (Å²) in [7, 11) is 0. The van der Waals surface area contributed by atoms with Crippen molar-refractivity contribution in [3.8, 4) is 11.4 Å².